The number of hydrogen-bond acceptors (Lipinski definition) is 7. The summed E-state index contributed by atoms with van der Waals surface area (Å²) >= 11 is -2.35. The Morgan fingerprint density at radius 2 is 1.69 bits per heavy atom. The molecule has 2 rings (SSSR count). The molecule has 0 saturated carbocycles. The summed E-state index contributed by atoms with van der Waals surface area (Å²) in [7, 11) is 0. The van der Waals surface area contributed by atoms with Crippen molar-refractivity contribution < 1.29 is 42.8 Å². The van der Waals surface area contributed by atoms with Gasteiger partial charge < -0.3 is 30.7 Å². The lowest BCUT2D eigenvalue weighted by Crippen LogP contribution is -2.91. The molecule has 5 atom stereocenters. The van der Waals surface area contributed by atoms with Crippen LogP contribution in [-0.2, 0) is 30.3 Å². The summed E-state index contributed by atoms with van der Waals surface area (Å²) < 4.78 is 21.3. The number of urea groups is 1. The Balaban J connectivity index is 2.19. The van der Waals surface area contributed by atoms with Crippen molar-refractivity contribution in [2.45, 2.75) is 103 Å². The first-order valence-electron chi connectivity index (χ1n) is 16.5. The van der Waals surface area contributed by atoms with Crippen LogP contribution in [0, 0.1) is 10.8 Å². The van der Waals surface area contributed by atoms with Crippen LogP contribution in [0.15, 0.2) is 41.8 Å². The second-order valence-corrected chi connectivity index (χ2v) is 15.2. The molecule has 1 fully saturated rings. The number of amides is 6. The van der Waals surface area contributed by atoms with Crippen molar-refractivity contribution >= 4 is 46.5 Å². The third-order valence-corrected chi connectivity index (χ3v) is 9.03. The number of primary amides is 1. The minimum absolute atomic E-state index is 0.0105. The average molecular weight is 706 g/mol. The number of nitrogens with one attached hydrogen (secondary N) is 4. The van der Waals surface area contributed by atoms with Crippen molar-refractivity contribution in [1.29, 1.82) is 0 Å². The summed E-state index contributed by atoms with van der Waals surface area (Å²) in [4.78, 5) is 80.4. The maximum atomic E-state index is 14.0. The highest BCUT2D eigenvalue weighted by molar-refractivity contribution is 7.79. The van der Waals surface area contributed by atoms with E-state index < -0.39 is 81.5 Å². The van der Waals surface area contributed by atoms with Crippen LogP contribution in [-0.4, -0.2) is 92.9 Å². The van der Waals surface area contributed by atoms with Gasteiger partial charge >= 0.3 is 11.9 Å². The Labute approximate surface area is 291 Å². The molecule has 14 nitrogen and oxygen atoms in total. The minimum Gasteiger partial charge on any atom is -0.346 e. The second kappa shape index (κ2) is 18.2. The highest BCUT2D eigenvalue weighted by Crippen LogP contribution is 2.26. The molecule has 1 aliphatic heterocycles. The highest BCUT2D eigenvalue weighted by Gasteiger charge is 2.43. The van der Waals surface area contributed by atoms with Gasteiger partial charge in [-0.2, -0.15) is 0 Å². The zero-order valence-corrected chi connectivity index (χ0v) is 30.4. The molecule has 0 aromatic heterocycles. The number of benzene rings is 1. The SMILES string of the molecule is C=CCNC(=O)C(=O)C(CCC)NC(=O)[C@@H]1CCCN1C(=O)[C@@H](NC(=O)N[C@H](C[NH2+]C(=O)c1ccccc1S(=O)O)C(C)(C)C)C(C)(C)C. The van der Waals surface area contributed by atoms with Crippen molar-refractivity contribution in [3.05, 3.63) is 42.5 Å². The molecule has 1 heterocycles. The fraction of sp³-hybridized carbons (Fsp3) is 0.588. The van der Waals surface area contributed by atoms with E-state index in [0.29, 0.717) is 19.3 Å². The van der Waals surface area contributed by atoms with Crippen LogP contribution in [0.4, 0.5) is 4.79 Å². The molecule has 49 heavy (non-hydrogen) atoms. The summed E-state index contributed by atoms with van der Waals surface area (Å²) in [6.07, 6.45) is 3.09. The van der Waals surface area contributed by atoms with Crippen LogP contribution in [0.25, 0.3) is 0 Å². The summed E-state index contributed by atoms with van der Waals surface area (Å²) in [5.74, 6) is -3.09. The molecule has 2 unspecified atom stereocenters. The highest BCUT2D eigenvalue weighted by atomic mass is 32.2. The van der Waals surface area contributed by atoms with E-state index in [4.69, 9.17) is 0 Å². The maximum Gasteiger partial charge on any atom is 0.344 e. The Morgan fingerprint density at radius 3 is 2.27 bits per heavy atom. The predicted octanol–water partition coefficient (Wildman–Crippen LogP) is 1.25. The van der Waals surface area contributed by atoms with Gasteiger partial charge in [0.05, 0.1) is 22.5 Å². The third-order valence-electron chi connectivity index (χ3n) is 8.30. The number of likely N-dealkylation sites (tertiary alicyclic amines) is 1. The molecule has 272 valence electrons. The molecular weight excluding hydrogens is 652 g/mol. The lowest BCUT2D eigenvalue weighted by molar-refractivity contribution is -0.560. The van der Waals surface area contributed by atoms with Gasteiger partial charge in [0, 0.05) is 13.1 Å². The van der Waals surface area contributed by atoms with Gasteiger partial charge in [-0.15, -0.1) is 6.58 Å². The normalized spacial score (nSPS) is 17.2. The molecule has 7 N–H and O–H groups in total. The van der Waals surface area contributed by atoms with Gasteiger partial charge in [-0.3, -0.25) is 24.5 Å². The Hall–Kier alpha value is -3.95. The minimum atomic E-state index is -2.35. The summed E-state index contributed by atoms with van der Waals surface area (Å²) in [5.41, 5.74) is -1.21. The van der Waals surface area contributed by atoms with Gasteiger partial charge in [0.2, 0.25) is 17.6 Å². The molecular formula is C34H53N6O8S+. The first-order valence-corrected chi connectivity index (χ1v) is 17.6. The number of ketones is 1. The van der Waals surface area contributed by atoms with E-state index in [1.54, 1.807) is 32.9 Å². The average Bonchev–Trinajstić information content (AvgIpc) is 3.52. The summed E-state index contributed by atoms with van der Waals surface area (Å²) in [5, 5.41) is 12.2. The molecule has 6 amide bonds. The fourth-order valence-electron chi connectivity index (χ4n) is 5.47. The number of nitrogens with two attached hydrogens (primary N) is 1. The summed E-state index contributed by atoms with van der Waals surface area (Å²) in [6, 6.07) is 1.80. The van der Waals surface area contributed by atoms with E-state index in [1.807, 2.05) is 27.7 Å². The predicted molar refractivity (Wildman–Crippen MR) is 185 cm³/mol. The van der Waals surface area contributed by atoms with Crippen LogP contribution in [0.2, 0.25) is 0 Å². The van der Waals surface area contributed by atoms with Gasteiger partial charge in [0.25, 0.3) is 5.91 Å². The molecule has 1 aromatic carbocycles. The van der Waals surface area contributed by atoms with Gasteiger partial charge in [-0.05, 0) is 42.2 Å². The van der Waals surface area contributed by atoms with Crippen molar-refractivity contribution in [2.24, 2.45) is 10.8 Å². The smallest absolute Gasteiger partial charge is 0.344 e. The van der Waals surface area contributed by atoms with E-state index in [-0.39, 0.29) is 36.5 Å². The second-order valence-electron chi connectivity index (χ2n) is 14.3. The largest absolute Gasteiger partial charge is 0.346 e. The molecule has 15 heteroatoms. The Morgan fingerprint density at radius 1 is 1.04 bits per heavy atom. The van der Waals surface area contributed by atoms with Crippen LogP contribution in [0.3, 0.4) is 0 Å². The van der Waals surface area contributed by atoms with E-state index in [1.165, 1.54) is 28.4 Å². The van der Waals surface area contributed by atoms with E-state index >= 15 is 0 Å². The number of nitrogens with zero attached hydrogens (tertiary/aromatic N) is 1. The van der Waals surface area contributed by atoms with E-state index in [2.05, 4.69) is 27.8 Å². The quantitative estimate of drug-likeness (QED) is 0.0887. The molecule has 1 saturated heterocycles. The first kappa shape index (κ1) is 41.2. The molecule has 0 spiro atoms. The lowest BCUT2D eigenvalue weighted by Gasteiger charge is -2.36. The van der Waals surface area contributed by atoms with Crippen LogP contribution in [0.5, 0.6) is 0 Å². The van der Waals surface area contributed by atoms with Crippen LogP contribution in [0.1, 0.15) is 84.5 Å². The monoisotopic (exact) mass is 705 g/mol. The van der Waals surface area contributed by atoms with E-state index in [9.17, 15) is 37.5 Å². The molecule has 0 radical (unpaired) electrons. The van der Waals surface area contributed by atoms with Gasteiger partial charge in [0.15, 0.2) is 11.1 Å². The first-order chi connectivity index (χ1) is 22.8. The fourth-order valence-corrected chi connectivity index (χ4v) is 6.02. The molecule has 1 aromatic rings. The van der Waals surface area contributed by atoms with Crippen molar-refractivity contribution in [1.82, 2.24) is 26.2 Å². The number of quaternary nitrogens is 1. The standard InChI is InChI=1S/C34H52N6O8S/c1-9-14-22(26(41)30(44)35-18-10-2)37-29(43)23-16-13-19-40(23)31(45)27(34(6,7)8)39-32(46)38-25(33(3,4)5)20-36-28(42)21-15-11-12-17-24(21)49(47)48/h10-12,15,17,22-23,25,27H,2,9,13-14,16,18-20H2,1,3-8H3,(H,35,44)(H,36,42)(H,37,43)(H,47,48)(H2,38,39,46)/p+1/t22?,23-,25+,27+/m0/s1. The zero-order valence-electron chi connectivity index (χ0n) is 29.6. The lowest BCUT2D eigenvalue weighted by atomic mass is 9.85. The summed E-state index contributed by atoms with van der Waals surface area (Å²) in [6.45, 7) is 16.8. The van der Waals surface area contributed by atoms with Crippen LogP contribution < -0.4 is 26.6 Å². The molecule has 0 bridgehead atoms. The van der Waals surface area contributed by atoms with Crippen LogP contribution >= 0.6 is 0 Å². The number of carbonyl (C=O) groups excluding carboxylic acids is 6. The van der Waals surface area contributed by atoms with Crippen molar-refractivity contribution in [2.75, 3.05) is 19.6 Å². The number of hydrogen-bond donors (Lipinski definition) is 6. The maximum absolute atomic E-state index is 14.0. The topological polar surface area (TPSA) is 208 Å². The van der Waals surface area contributed by atoms with Gasteiger partial charge in [-0.25, -0.2) is 13.8 Å². The number of carbonyl (C=O) groups is 6. The number of Topliss-reactive ketones (excluding diaryl/α,β-unsaturated/α-hetero) is 1. The molecule has 0 aliphatic carbocycles. The molecule has 1 aliphatic rings. The van der Waals surface area contributed by atoms with Crippen molar-refractivity contribution in [3.63, 3.8) is 0 Å². The third kappa shape index (κ3) is 11.9. The van der Waals surface area contributed by atoms with Gasteiger partial charge in [0.1, 0.15) is 18.6 Å². The Bertz CT molecular complexity index is 1420. The van der Waals surface area contributed by atoms with E-state index in [0.717, 1.165) is 0 Å². The van der Waals surface area contributed by atoms with Crippen molar-refractivity contribution in [3.8, 4) is 0 Å². The zero-order chi connectivity index (χ0) is 37.1. The number of rotatable bonds is 15. The Kier molecular flexibility index (Phi) is 15.3. The van der Waals surface area contributed by atoms with Gasteiger partial charge in [-0.1, -0.05) is 73.1 Å².